The van der Waals surface area contributed by atoms with Crippen LogP contribution in [0.25, 0.3) is 0 Å². The molecule has 0 aliphatic carbocycles. The van der Waals surface area contributed by atoms with E-state index in [4.69, 9.17) is 94.3 Å². The fourth-order valence-electron chi connectivity index (χ4n) is 7.59. The number of imidazole rings is 2. The van der Waals surface area contributed by atoms with Crippen molar-refractivity contribution in [2.24, 2.45) is 5.73 Å². The van der Waals surface area contributed by atoms with Crippen LogP contribution in [0, 0.1) is 0 Å². The van der Waals surface area contributed by atoms with E-state index < -0.39 is 5.79 Å². The van der Waals surface area contributed by atoms with Crippen LogP contribution >= 0.6 is 69.6 Å². The first-order valence-electron chi connectivity index (χ1n) is 22.0. The maximum atomic E-state index is 11.6. The summed E-state index contributed by atoms with van der Waals surface area (Å²) in [7, 11) is 0. The van der Waals surface area contributed by atoms with Gasteiger partial charge in [-0.15, -0.1) is 0 Å². The van der Waals surface area contributed by atoms with E-state index in [9.17, 15) is 4.79 Å². The van der Waals surface area contributed by atoms with Crippen LogP contribution in [0.1, 0.15) is 35.4 Å². The topological polar surface area (TPSA) is 151 Å². The molecule has 1 amide bonds. The van der Waals surface area contributed by atoms with Crippen molar-refractivity contribution in [1.82, 2.24) is 34.2 Å². The second-order valence-corrected chi connectivity index (χ2v) is 18.6. The molecule has 2 saturated heterocycles. The Balaban J connectivity index is 0.000000183. The fourth-order valence-corrected chi connectivity index (χ4v) is 9.14. The predicted molar refractivity (Wildman–Crippen MR) is 272 cm³/mol. The number of hydrogen-bond donors (Lipinski definition) is 2. The van der Waals surface area contributed by atoms with Crippen LogP contribution in [0.4, 0.5) is 5.69 Å². The first-order valence-corrected chi connectivity index (χ1v) is 24.3. The zero-order valence-electron chi connectivity index (χ0n) is 37.6. The van der Waals surface area contributed by atoms with Gasteiger partial charge in [0.15, 0.2) is 0 Å². The van der Waals surface area contributed by atoms with Crippen LogP contribution in [-0.2, 0) is 50.9 Å². The van der Waals surface area contributed by atoms with Gasteiger partial charge in [0.25, 0.3) is 0 Å². The molecular formula is C49H51Cl6N9O5. The second kappa shape index (κ2) is 25.3. The highest BCUT2D eigenvalue weighted by atomic mass is 35.5. The number of carbonyl (C=O) groups excluding carboxylic acids is 1. The summed E-state index contributed by atoms with van der Waals surface area (Å²) in [6, 6.07) is 25.9. The molecule has 2 aliphatic heterocycles. The maximum Gasteiger partial charge on any atom is 0.219 e. The van der Waals surface area contributed by atoms with E-state index in [2.05, 4.69) is 25.1 Å². The van der Waals surface area contributed by atoms with Crippen molar-refractivity contribution in [3.8, 4) is 5.75 Å². The minimum Gasteiger partial charge on any atom is -0.491 e. The summed E-state index contributed by atoms with van der Waals surface area (Å²) >= 11 is 37.2. The molecule has 9 rings (SSSR count). The van der Waals surface area contributed by atoms with Gasteiger partial charge in [0, 0.05) is 112 Å². The number of anilines is 1. The van der Waals surface area contributed by atoms with Gasteiger partial charge in [-0.25, -0.2) is 9.97 Å². The summed E-state index contributed by atoms with van der Waals surface area (Å²) in [5.41, 5.74) is 9.83. The Labute approximate surface area is 431 Å². The molecule has 7 aromatic rings. The van der Waals surface area contributed by atoms with Gasteiger partial charge in [0.1, 0.15) is 24.6 Å². The van der Waals surface area contributed by atoms with E-state index in [0.29, 0.717) is 75.2 Å². The van der Waals surface area contributed by atoms with Crippen molar-refractivity contribution >= 4 is 81.2 Å². The van der Waals surface area contributed by atoms with E-state index in [0.717, 1.165) is 60.9 Å². The number of nitrogens with one attached hydrogen (secondary N) is 1. The molecule has 5 heterocycles. The zero-order chi connectivity index (χ0) is 48.8. The number of aromatic nitrogens is 6. The lowest BCUT2D eigenvalue weighted by Crippen LogP contribution is -2.48. The number of piperazine rings is 1. The summed E-state index contributed by atoms with van der Waals surface area (Å²) in [5, 5.41) is 9.92. The molecule has 364 valence electrons. The molecule has 20 heteroatoms. The van der Waals surface area contributed by atoms with Gasteiger partial charge < -0.3 is 43.6 Å². The van der Waals surface area contributed by atoms with Crippen LogP contribution in [0.15, 0.2) is 129 Å². The molecule has 69 heavy (non-hydrogen) atoms. The molecule has 3 N–H and O–H groups in total. The van der Waals surface area contributed by atoms with E-state index in [1.54, 1.807) is 74.6 Å². The Morgan fingerprint density at radius 3 is 2.10 bits per heavy atom. The molecule has 0 saturated carbocycles. The first-order chi connectivity index (χ1) is 33.4. The highest BCUT2D eigenvalue weighted by Crippen LogP contribution is 2.41. The van der Waals surface area contributed by atoms with Crippen molar-refractivity contribution in [3.63, 3.8) is 0 Å². The van der Waals surface area contributed by atoms with E-state index in [1.165, 1.54) is 0 Å². The standard InChI is InChI=1S/C26H28Cl2N4O4.C18H14Cl4N2O.C5H9N3/c1-19(33)31-10-12-32(13-11-31)21-3-5-22(6-4-21)34-15-23-16-35-26(36-23,17-30-9-8-29-18-30)24-7-2-20(27)14-25(24)28;19-13-2-1-12(16(21)7-13)10-25-18(9-24-6-5-23-11-24)15-4-3-14(20)8-17(15)22;6-3-1-5-2-4-7-8-5/h2-9,14,18,23H,10-13,15-17H2,1H3;1-8,11,18H,9-10H2;2,4H,1,3,6H2,(H,7,8)/t23-,26-;;/m0../s1. The third-order valence-corrected chi connectivity index (χ3v) is 12.9. The van der Waals surface area contributed by atoms with Crippen molar-refractivity contribution < 1.29 is 23.7 Å². The molecule has 0 bridgehead atoms. The molecular weight excluding hydrogens is 1010 g/mol. The Morgan fingerprint density at radius 1 is 0.826 bits per heavy atom. The SMILES string of the molecule is CC(=O)N1CCN(c2ccc(OC[C@H]3CO[C@](Cn4ccnc4)(c4ccc(Cl)cc4Cl)O3)cc2)CC1.Clc1ccc(COC(Cn2ccnc2)c2ccc(Cl)cc2Cl)c(Cl)c1.NCCc1cc[nH]n1. The van der Waals surface area contributed by atoms with Crippen LogP contribution in [0.5, 0.6) is 5.75 Å². The number of nitrogens with zero attached hydrogens (tertiary/aromatic N) is 7. The molecule has 3 atom stereocenters. The Kier molecular flexibility index (Phi) is 19.1. The summed E-state index contributed by atoms with van der Waals surface area (Å²) in [6.45, 7) is 7.36. The quantitative estimate of drug-likeness (QED) is 0.102. The highest BCUT2D eigenvalue weighted by Gasteiger charge is 2.45. The van der Waals surface area contributed by atoms with Crippen molar-refractivity contribution in [3.05, 3.63) is 181 Å². The lowest BCUT2D eigenvalue weighted by atomic mass is 10.1. The van der Waals surface area contributed by atoms with Crippen molar-refractivity contribution in [2.75, 3.05) is 50.8 Å². The van der Waals surface area contributed by atoms with Crippen molar-refractivity contribution in [2.45, 2.75) is 51.0 Å². The number of carbonyl (C=O) groups is 1. The Bertz CT molecular complexity index is 2670. The number of H-pyrrole nitrogens is 1. The average Bonchev–Trinajstić information content (AvgIpc) is 4.20. The molecule has 3 aromatic heterocycles. The van der Waals surface area contributed by atoms with Gasteiger partial charge in [-0.2, -0.15) is 5.10 Å². The van der Waals surface area contributed by atoms with Gasteiger partial charge in [-0.3, -0.25) is 9.89 Å². The summed E-state index contributed by atoms with van der Waals surface area (Å²) in [4.78, 5) is 23.9. The summed E-state index contributed by atoms with van der Waals surface area (Å²) in [5.74, 6) is -0.201. The third kappa shape index (κ3) is 14.8. The number of benzene rings is 4. The largest absolute Gasteiger partial charge is 0.491 e. The molecule has 4 aromatic carbocycles. The highest BCUT2D eigenvalue weighted by molar-refractivity contribution is 6.36. The maximum absolute atomic E-state index is 11.6. The normalized spacial score (nSPS) is 17.1. The molecule has 14 nitrogen and oxygen atoms in total. The Hall–Kier alpha value is -4.84. The minimum absolute atomic E-state index is 0.129. The lowest BCUT2D eigenvalue weighted by molar-refractivity contribution is -0.189. The van der Waals surface area contributed by atoms with Gasteiger partial charge in [0.05, 0.1) is 49.7 Å². The van der Waals surface area contributed by atoms with Crippen molar-refractivity contribution in [1.29, 1.82) is 0 Å². The fraction of sp³-hybridized carbons (Fsp3) is 0.306. The van der Waals surface area contributed by atoms with E-state index in [-0.39, 0.29) is 18.1 Å². The number of aromatic amines is 1. The summed E-state index contributed by atoms with van der Waals surface area (Å²) in [6.07, 6.45) is 12.7. The van der Waals surface area contributed by atoms with Gasteiger partial charge in [0.2, 0.25) is 11.7 Å². The lowest BCUT2D eigenvalue weighted by Gasteiger charge is -2.35. The predicted octanol–water partition coefficient (Wildman–Crippen LogP) is 10.6. The third-order valence-electron chi connectivity index (χ3n) is 11.2. The van der Waals surface area contributed by atoms with Gasteiger partial charge in [-0.1, -0.05) is 87.8 Å². The van der Waals surface area contributed by atoms with Gasteiger partial charge in [-0.05, 0) is 78.8 Å². The number of halogens is 6. The monoisotopic (exact) mass is 1060 g/mol. The second-order valence-electron chi connectivity index (χ2n) is 16.0. The van der Waals surface area contributed by atoms with E-state index in [1.807, 2.05) is 75.0 Å². The first kappa shape index (κ1) is 52.0. The van der Waals surface area contributed by atoms with Crippen LogP contribution in [-0.4, -0.2) is 92.1 Å². The van der Waals surface area contributed by atoms with Crippen LogP contribution in [0.3, 0.4) is 0 Å². The van der Waals surface area contributed by atoms with Gasteiger partial charge >= 0.3 is 0 Å². The van der Waals surface area contributed by atoms with Crippen LogP contribution < -0.4 is 15.4 Å². The minimum atomic E-state index is -1.08. The number of rotatable bonds is 15. The van der Waals surface area contributed by atoms with Crippen LogP contribution in [0.2, 0.25) is 30.1 Å². The number of hydrogen-bond acceptors (Lipinski definition) is 10. The molecule has 2 fully saturated rings. The molecule has 0 spiro atoms. The molecule has 1 unspecified atom stereocenters. The Morgan fingerprint density at radius 2 is 1.49 bits per heavy atom. The summed E-state index contributed by atoms with van der Waals surface area (Å²) < 4.78 is 28.7. The number of nitrogens with two attached hydrogens (primary N) is 1. The zero-order valence-corrected chi connectivity index (χ0v) is 42.1. The van der Waals surface area contributed by atoms with E-state index >= 15 is 0 Å². The molecule has 0 radical (unpaired) electrons. The molecule has 2 aliphatic rings. The average molecular weight is 1060 g/mol. The number of amides is 1. The smallest absolute Gasteiger partial charge is 0.219 e. The number of ether oxygens (including phenoxy) is 4.